The zero-order valence-corrected chi connectivity index (χ0v) is 92.7. The maximum absolute atomic E-state index is 13.9. The van der Waals surface area contributed by atoms with Crippen LogP contribution in [0.25, 0.3) is 54.5 Å². The van der Waals surface area contributed by atoms with E-state index in [9.17, 15) is 37.1 Å². The number of carbonyl (C=O) groups excluding carboxylic acids is 5. The van der Waals surface area contributed by atoms with E-state index in [4.69, 9.17) is 28.4 Å². The first kappa shape index (κ1) is 112. The topological polar surface area (TPSA) is 271 Å². The second kappa shape index (κ2) is 45.5. The summed E-state index contributed by atoms with van der Waals surface area (Å²) in [7, 11) is 8.20. The van der Waals surface area contributed by atoms with Crippen LogP contribution < -0.4 is 23.7 Å². The minimum atomic E-state index is -4.74. The molecular formula is C121H163F3N12O12. The summed E-state index contributed by atoms with van der Waals surface area (Å²) in [5.74, 6) is 8.44. The standard InChI is InChI=1S/C26H38N2O2.2C25H31N3O2.C24H36N2O3.C21H27F3N2O3/c1-17(2)26(18(3)4)15-20(19-10-7-6-8-11-19)16-28(26)25(29)23-14-21-22(27-23)12-9-13-24(21)30-5;1-16(2)25(17(3)4)13-19(18-8-7-11-26-14-18)15-28(25)24(29)22-12-20-21(27-22)9-6-10-23(20)30-5;1-16(2)25(17(3)4)14-19(18-9-11-26-12-10-18)15-28(25)24(29)22-13-20-21(27-22)7-6-8-23(20)30-5;1-15(2)24(16(3)4)13-17(29-23(5,6)7)14-26(24)22(27)20-12-18-19(25-20)10-9-11-21(18)28-8;1-12(2)20(13(3)4)10-14(29-21(22,23)24)11-26(20)19(27)17-9-15-16(25-17)7-6-8-18(15)28-5/h9,12-14,17-20,27H,6-8,10-11,15-16H2,1-5H3;6-12,14,16-17,19,27H,13,15H2,1-5H3;6-13,16-17,19,27H,14-15H2,1-5H3;9-12,15-17,25H,13-14H2,1-8H3;6-9,12-14,25H,10-11H2,1-5H3. The Labute approximate surface area is 873 Å². The van der Waals surface area contributed by atoms with Gasteiger partial charge in [0.25, 0.3) is 29.5 Å². The Bertz CT molecular complexity index is 6190. The van der Waals surface area contributed by atoms with Crippen LogP contribution in [0.3, 0.4) is 0 Å². The van der Waals surface area contributed by atoms with Gasteiger partial charge in [0, 0.05) is 140 Å². The maximum Gasteiger partial charge on any atom is 0.522 e. The number of hydrogen-bond acceptors (Lipinski definition) is 14. The molecule has 5 N–H and O–H groups in total. The Hall–Kier alpha value is -11.8. The zero-order chi connectivity index (χ0) is 108. The van der Waals surface area contributed by atoms with Crippen molar-refractivity contribution in [2.24, 2.45) is 71.0 Å². The van der Waals surface area contributed by atoms with Crippen molar-refractivity contribution >= 4 is 84.1 Å². The molecule has 5 amide bonds. The van der Waals surface area contributed by atoms with E-state index in [2.05, 4.69) is 209 Å². The number of likely N-dealkylation sites (tertiary alicyclic amines) is 5. The van der Waals surface area contributed by atoms with E-state index in [1.807, 2.05) is 162 Å². The van der Waals surface area contributed by atoms with E-state index in [0.29, 0.717) is 113 Å². The number of alkyl halides is 3. The average Bonchev–Trinajstić information content (AvgIpc) is 1.59. The number of benzene rings is 5. The molecule has 5 saturated heterocycles. The number of aromatic nitrogens is 7. The average molecular weight is 2030 g/mol. The molecule has 5 aliphatic heterocycles. The number of methoxy groups -OCH3 is 5. The Morgan fingerprint density at radius 3 is 0.872 bits per heavy atom. The smallest absolute Gasteiger partial charge is 0.496 e. The second-order valence-corrected chi connectivity index (χ2v) is 46.3. The van der Waals surface area contributed by atoms with E-state index in [1.54, 1.807) is 58.8 Å². The molecule has 6 aliphatic rings. The van der Waals surface area contributed by atoms with Crippen LogP contribution in [-0.4, -0.2) is 209 Å². The van der Waals surface area contributed by atoms with E-state index in [-0.39, 0.29) is 94.1 Å². The van der Waals surface area contributed by atoms with E-state index in [1.165, 1.54) is 43.2 Å². The fraction of sp³-hybridized carbons (Fsp3) is 0.545. The van der Waals surface area contributed by atoms with Crippen molar-refractivity contribution in [2.75, 3.05) is 68.3 Å². The molecule has 5 aromatic carbocycles. The van der Waals surface area contributed by atoms with Gasteiger partial charge in [0.15, 0.2) is 0 Å². The molecule has 148 heavy (non-hydrogen) atoms. The number of pyridine rings is 2. The summed E-state index contributed by atoms with van der Waals surface area (Å²) >= 11 is 0. The van der Waals surface area contributed by atoms with Gasteiger partial charge in [0.1, 0.15) is 57.2 Å². The highest BCUT2D eigenvalue weighted by Gasteiger charge is 2.59. The van der Waals surface area contributed by atoms with Crippen LogP contribution in [0.2, 0.25) is 0 Å². The van der Waals surface area contributed by atoms with Crippen molar-refractivity contribution in [1.82, 2.24) is 59.4 Å². The maximum atomic E-state index is 13.9. The fourth-order valence-electron chi connectivity index (χ4n) is 27.2. The number of nitrogens with one attached hydrogen (secondary N) is 5. The van der Waals surface area contributed by atoms with E-state index >= 15 is 0 Å². The number of hydrogen-bond donors (Lipinski definition) is 5. The van der Waals surface area contributed by atoms with Gasteiger partial charge in [-0.1, -0.05) is 207 Å². The number of carbonyl (C=O) groups is 5. The monoisotopic (exact) mass is 2030 g/mol. The van der Waals surface area contributed by atoms with Gasteiger partial charge in [-0.15, -0.1) is 13.2 Å². The van der Waals surface area contributed by atoms with Gasteiger partial charge >= 0.3 is 6.36 Å². The molecule has 1 aliphatic carbocycles. The summed E-state index contributed by atoms with van der Waals surface area (Å²) in [6.07, 6.45) is 12.4. The van der Waals surface area contributed by atoms with E-state index in [0.717, 1.165) is 116 Å². The van der Waals surface area contributed by atoms with Gasteiger partial charge in [-0.25, -0.2) is 0 Å². The summed E-state index contributed by atoms with van der Waals surface area (Å²) in [4.78, 5) is 104. The van der Waals surface area contributed by atoms with Crippen molar-refractivity contribution in [2.45, 2.75) is 287 Å². The largest absolute Gasteiger partial charge is 0.522 e. The number of aromatic amines is 5. The normalized spacial score (nSPS) is 19.7. The predicted molar refractivity (Wildman–Crippen MR) is 584 cm³/mol. The fourth-order valence-corrected chi connectivity index (χ4v) is 27.2. The Morgan fingerprint density at radius 1 is 0.318 bits per heavy atom. The van der Waals surface area contributed by atoms with Crippen molar-refractivity contribution in [3.63, 3.8) is 0 Å². The molecule has 24 nitrogen and oxygen atoms in total. The number of rotatable bonds is 25. The third kappa shape index (κ3) is 22.0. The number of halogens is 3. The van der Waals surface area contributed by atoms with Crippen LogP contribution in [0.5, 0.6) is 28.7 Å². The highest BCUT2D eigenvalue weighted by atomic mass is 19.4. The molecule has 5 atom stereocenters. The minimum Gasteiger partial charge on any atom is -0.496 e. The summed E-state index contributed by atoms with van der Waals surface area (Å²) < 4.78 is 76.7. The van der Waals surface area contributed by atoms with Gasteiger partial charge in [0.2, 0.25) is 0 Å². The van der Waals surface area contributed by atoms with Gasteiger partial charge in [-0.05, 0) is 244 Å². The Kier molecular flexibility index (Phi) is 34.4. The first-order chi connectivity index (χ1) is 70.1. The van der Waals surface area contributed by atoms with Crippen LogP contribution in [0.4, 0.5) is 13.2 Å². The Balaban J connectivity index is 0.000000146. The van der Waals surface area contributed by atoms with Crippen LogP contribution in [-0.2, 0) is 9.47 Å². The first-order valence-electron chi connectivity index (χ1n) is 53.7. The number of H-pyrrole nitrogens is 5. The molecule has 5 unspecified atom stereocenters. The van der Waals surface area contributed by atoms with Gasteiger partial charge in [-0.2, -0.15) is 0 Å². The van der Waals surface area contributed by atoms with Crippen molar-refractivity contribution in [3.05, 3.63) is 210 Å². The summed E-state index contributed by atoms with van der Waals surface area (Å²) in [6.45, 7) is 52.8. The number of ether oxygens (including phenoxy) is 7. The molecule has 27 heteroatoms. The predicted octanol–water partition coefficient (Wildman–Crippen LogP) is 27.0. The lowest BCUT2D eigenvalue weighted by molar-refractivity contribution is -0.340. The quantitative estimate of drug-likeness (QED) is 0.0356. The second-order valence-electron chi connectivity index (χ2n) is 46.3. The van der Waals surface area contributed by atoms with Crippen LogP contribution >= 0.6 is 0 Å². The van der Waals surface area contributed by atoms with Gasteiger partial charge < -0.3 is 77.8 Å². The van der Waals surface area contributed by atoms with Gasteiger partial charge in [0.05, 0.1) is 64.4 Å². The summed E-state index contributed by atoms with van der Waals surface area (Å²) in [6, 6.07) is 46.6. The van der Waals surface area contributed by atoms with Crippen LogP contribution in [0.1, 0.15) is 299 Å². The third-order valence-corrected chi connectivity index (χ3v) is 34.4. The highest BCUT2D eigenvalue weighted by molar-refractivity contribution is 6.04. The molecule has 7 aromatic heterocycles. The van der Waals surface area contributed by atoms with Crippen LogP contribution in [0.15, 0.2) is 170 Å². The SMILES string of the molecule is COc1cccc2[nH]c(C(=O)N3CC(C4CCCCC4)CC3(C(C)C)C(C)C)cc12.COc1cccc2[nH]c(C(=O)N3CC(OC(C)(C)C)CC3(C(C)C)C(C)C)cc12.COc1cccc2[nH]c(C(=O)N3CC(OC(F)(F)F)CC3(C(C)C)C(C)C)cc12.COc1cccc2[nH]c(C(=O)N3CC(c4cccnc4)CC3(C(C)C)C(C)C)cc12.COc1cccc2[nH]c(C(=O)N3CC(c4ccncc4)CC3(C(C)C)C(C)C)cc12. The third-order valence-electron chi connectivity index (χ3n) is 34.4. The van der Waals surface area contributed by atoms with E-state index < -0.39 is 18.0 Å². The minimum absolute atomic E-state index is 0.0302. The molecular weight excluding hydrogens is 1870 g/mol. The lowest BCUT2D eigenvalue weighted by Crippen LogP contribution is -2.54. The number of amides is 5. The molecule has 800 valence electrons. The summed E-state index contributed by atoms with van der Waals surface area (Å²) in [5.41, 5.74) is 8.03. The lowest BCUT2D eigenvalue weighted by Gasteiger charge is -2.45. The van der Waals surface area contributed by atoms with Crippen molar-refractivity contribution < 1.29 is 70.3 Å². The van der Waals surface area contributed by atoms with Crippen molar-refractivity contribution in [3.8, 4) is 28.7 Å². The Morgan fingerprint density at radius 2 is 0.595 bits per heavy atom. The van der Waals surface area contributed by atoms with Crippen LogP contribution in [0, 0.1) is 71.0 Å². The molecule has 6 fully saturated rings. The number of fused-ring (bicyclic) bond motifs is 5. The molecule has 18 rings (SSSR count). The molecule has 0 bridgehead atoms. The first-order valence-corrected chi connectivity index (χ1v) is 53.7. The zero-order valence-electron chi connectivity index (χ0n) is 92.7. The van der Waals surface area contributed by atoms with Gasteiger partial charge in [-0.3, -0.25) is 38.7 Å². The molecule has 12 aromatic rings. The number of nitrogens with zero attached hydrogens (tertiary/aromatic N) is 7. The lowest BCUT2D eigenvalue weighted by atomic mass is 9.70. The summed E-state index contributed by atoms with van der Waals surface area (Å²) in [5, 5.41) is 4.53. The molecule has 0 radical (unpaired) electrons. The molecule has 0 spiro atoms. The van der Waals surface area contributed by atoms with Crippen molar-refractivity contribution in [1.29, 1.82) is 0 Å². The molecule has 12 heterocycles. The molecule has 1 saturated carbocycles. The highest BCUT2D eigenvalue weighted by Crippen LogP contribution is 2.55.